The van der Waals surface area contributed by atoms with Gasteiger partial charge in [0, 0.05) is 18.0 Å². The SMILES string of the molecule is O=C(c1ccccc1-c1ccncc1)C(O)c1ccccc1. The van der Waals surface area contributed by atoms with E-state index in [1.54, 1.807) is 48.8 Å². The van der Waals surface area contributed by atoms with Crippen molar-refractivity contribution in [2.24, 2.45) is 0 Å². The van der Waals surface area contributed by atoms with Gasteiger partial charge in [0.05, 0.1) is 0 Å². The van der Waals surface area contributed by atoms with Crippen LogP contribution in [0.5, 0.6) is 0 Å². The summed E-state index contributed by atoms with van der Waals surface area (Å²) in [6.07, 6.45) is 2.21. The maximum absolute atomic E-state index is 12.7. The van der Waals surface area contributed by atoms with Crippen LogP contribution in [0.3, 0.4) is 0 Å². The first kappa shape index (κ1) is 14.2. The average Bonchev–Trinajstić information content (AvgIpc) is 2.62. The van der Waals surface area contributed by atoms with Crippen LogP contribution in [-0.2, 0) is 0 Å². The first-order chi connectivity index (χ1) is 10.8. The molecule has 0 aliphatic heterocycles. The molecule has 0 amide bonds. The van der Waals surface area contributed by atoms with Crippen molar-refractivity contribution in [2.45, 2.75) is 6.10 Å². The number of hydrogen-bond donors (Lipinski definition) is 1. The van der Waals surface area contributed by atoms with E-state index in [0.717, 1.165) is 11.1 Å². The van der Waals surface area contributed by atoms with Crippen LogP contribution in [0, 0.1) is 0 Å². The normalized spacial score (nSPS) is 11.9. The molecule has 0 aliphatic rings. The molecule has 1 atom stereocenters. The minimum Gasteiger partial charge on any atom is -0.380 e. The van der Waals surface area contributed by atoms with Gasteiger partial charge in [0.25, 0.3) is 0 Å². The highest BCUT2D eigenvalue weighted by atomic mass is 16.3. The fourth-order valence-corrected chi connectivity index (χ4v) is 2.42. The van der Waals surface area contributed by atoms with E-state index < -0.39 is 6.10 Å². The molecule has 0 spiro atoms. The Balaban J connectivity index is 2.01. The molecule has 0 saturated heterocycles. The number of pyridine rings is 1. The molecule has 3 nitrogen and oxygen atoms in total. The van der Waals surface area contributed by atoms with Gasteiger partial charge in [-0.25, -0.2) is 0 Å². The first-order valence-corrected chi connectivity index (χ1v) is 7.04. The van der Waals surface area contributed by atoms with Crippen LogP contribution < -0.4 is 0 Å². The minimum absolute atomic E-state index is 0.307. The van der Waals surface area contributed by atoms with Gasteiger partial charge in [0.2, 0.25) is 0 Å². The number of hydrogen-bond acceptors (Lipinski definition) is 3. The molecule has 1 aromatic heterocycles. The molecule has 0 fully saturated rings. The molecule has 2 aromatic carbocycles. The summed E-state index contributed by atoms with van der Waals surface area (Å²) in [5.41, 5.74) is 2.80. The summed E-state index contributed by atoms with van der Waals surface area (Å²) in [4.78, 5) is 16.7. The van der Waals surface area contributed by atoms with E-state index in [-0.39, 0.29) is 5.78 Å². The van der Waals surface area contributed by atoms with Crippen LogP contribution >= 0.6 is 0 Å². The maximum atomic E-state index is 12.7. The molecule has 1 N–H and O–H groups in total. The Kier molecular flexibility index (Phi) is 4.08. The van der Waals surface area contributed by atoms with E-state index in [9.17, 15) is 9.90 Å². The number of benzene rings is 2. The van der Waals surface area contributed by atoms with Crippen molar-refractivity contribution in [1.29, 1.82) is 0 Å². The van der Waals surface area contributed by atoms with Crippen molar-refractivity contribution in [1.82, 2.24) is 4.98 Å². The lowest BCUT2D eigenvalue weighted by Gasteiger charge is -2.13. The predicted octanol–water partition coefficient (Wildman–Crippen LogP) is 3.66. The standard InChI is InChI=1S/C19H15NO2/c21-18(15-6-2-1-3-7-15)19(22)17-9-5-4-8-16(17)14-10-12-20-13-11-14/h1-13,18,21H. The van der Waals surface area contributed by atoms with Gasteiger partial charge in [0.15, 0.2) is 5.78 Å². The second kappa shape index (κ2) is 6.33. The zero-order chi connectivity index (χ0) is 15.4. The molecule has 22 heavy (non-hydrogen) atoms. The lowest BCUT2D eigenvalue weighted by Crippen LogP contribution is -2.13. The van der Waals surface area contributed by atoms with Crippen LogP contribution in [0.2, 0.25) is 0 Å². The van der Waals surface area contributed by atoms with Gasteiger partial charge >= 0.3 is 0 Å². The fraction of sp³-hybridized carbons (Fsp3) is 0.0526. The molecule has 1 unspecified atom stereocenters. The number of Topliss-reactive ketones (excluding diaryl/α,β-unsaturated/α-hetero) is 1. The zero-order valence-electron chi connectivity index (χ0n) is 11.9. The summed E-state index contributed by atoms with van der Waals surface area (Å²) < 4.78 is 0. The number of aromatic nitrogens is 1. The Morgan fingerprint density at radius 3 is 2.23 bits per heavy atom. The Bertz CT molecular complexity index is 770. The monoisotopic (exact) mass is 289 g/mol. The van der Waals surface area contributed by atoms with Crippen molar-refractivity contribution in [3.05, 3.63) is 90.3 Å². The van der Waals surface area contributed by atoms with Crippen molar-refractivity contribution < 1.29 is 9.90 Å². The summed E-state index contributed by atoms with van der Waals surface area (Å²) in [6.45, 7) is 0. The van der Waals surface area contributed by atoms with E-state index in [4.69, 9.17) is 0 Å². The molecule has 108 valence electrons. The number of nitrogens with zero attached hydrogens (tertiary/aromatic N) is 1. The quantitative estimate of drug-likeness (QED) is 0.746. The van der Waals surface area contributed by atoms with Gasteiger partial charge in [0.1, 0.15) is 6.10 Å². The number of ketones is 1. The van der Waals surface area contributed by atoms with E-state index in [1.807, 2.05) is 30.3 Å². The number of rotatable bonds is 4. The van der Waals surface area contributed by atoms with Crippen molar-refractivity contribution in [3.63, 3.8) is 0 Å². The minimum atomic E-state index is -1.16. The third kappa shape index (κ3) is 2.80. The smallest absolute Gasteiger partial charge is 0.196 e. The highest BCUT2D eigenvalue weighted by molar-refractivity contribution is 6.05. The molecule has 3 heteroatoms. The molecule has 3 rings (SSSR count). The third-order valence-electron chi connectivity index (χ3n) is 3.55. The van der Waals surface area contributed by atoms with Crippen molar-refractivity contribution in [2.75, 3.05) is 0 Å². The van der Waals surface area contributed by atoms with Crippen LogP contribution in [0.1, 0.15) is 22.0 Å². The molecule has 1 heterocycles. The van der Waals surface area contributed by atoms with E-state index >= 15 is 0 Å². The number of aliphatic hydroxyl groups is 1. The summed E-state index contributed by atoms with van der Waals surface area (Å²) in [7, 11) is 0. The Labute approximate surface area is 128 Å². The highest BCUT2D eigenvalue weighted by Crippen LogP contribution is 2.27. The average molecular weight is 289 g/mol. The Morgan fingerprint density at radius 2 is 1.50 bits per heavy atom. The maximum Gasteiger partial charge on any atom is 0.196 e. The zero-order valence-corrected chi connectivity index (χ0v) is 11.9. The highest BCUT2D eigenvalue weighted by Gasteiger charge is 2.21. The van der Waals surface area contributed by atoms with Gasteiger partial charge < -0.3 is 5.11 Å². The van der Waals surface area contributed by atoms with Gasteiger partial charge in [-0.3, -0.25) is 9.78 Å². The van der Waals surface area contributed by atoms with Crippen LogP contribution in [0.15, 0.2) is 79.1 Å². The van der Waals surface area contributed by atoms with Gasteiger partial charge in [-0.05, 0) is 28.8 Å². The van der Waals surface area contributed by atoms with Crippen molar-refractivity contribution in [3.8, 4) is 11.1 Å². The lowest BCUT2D eigenvalue weighted by molar-refractivity contribution is 0.0748. The summed E-state index contributed by atoms with van der Waals surface area (Å²) >= 11 is 0. The molecule has 0 aliphatic carbocycles. The van der Waals surface area contributed by atoms with Gasteiger partial charge in [-0.1, -0.05) is 54.6 Å². The molecular weight excluding hydrogens is 274 g/mol. The van der Waals surface area contributed by atoms with Crippen LogP contribution in [0.25, 0.3) is 11.1 Å². The Morgan fingerprint density at radius 1 is 0.864 bits per heavy atom. The van der Waals surface area contributed by atoms with E-state index in [0.29, 0.717) is 11.1 Å². The lowest BCUT2D eigenvalue weighted by atomic mass is 9.93. The van der Waals surface area contributed by atoms with E-state index in [2.05, 4.69) is 4.98 Å². The predicted molar refractivity (Wildman–Crippen MR) is 85.4 cm³/mol. The molecular formula is C19H15NO2. The summed E-state index contributed by atoms with van der Waals surface area (Å²) in [5, 5.41) is 10.4. The van der Waals surface area contributed by atoms with Gasteiger partial charge in [-0.15, -0.1) is 0 Å². The molecule has 0 saturated carbocycles. The largest absolute Gasteiger partial charge is 0.380 e. The third-order valence-corrected chi connectivity index (χ3v) is 3.55. The van der Waals surface area contributed by atoms with Crippen LogP contribution in [-0.4, -0.2) is 15.9 Å². The summed E-state index contributed by atoms with van der Waals surface area (Å²) in [6, 6.07) is 20.0. The number of carbonyl (C=O) groups is 1. The topological polar surface area (TPSA) is 50.2 Å². The molecule has 0 bridgehead atoms. The molecule has 3 aromatic rings. The Hall–Kier alpha value is -2.78. The molecule has 0 radical (unpaired) electrons. The van der Waals surface area contributed by atoms with Gasteiger partial charge in [-0.2, -0.15) is 0 Å². The first-order valence-electron chi connectivity index (χ1n) is 7.04. The second-order valence-corrected chi connectivity index (χ2v) is 4.96. The second-order valence-electron chi connectivity index (χ2n) is 4.96. The van der Waals surface area contributed by atoms with E-state index in [1.165, 1.54) is 0 Å². The fourth-order valence-electron chi connectivity index (χ4n) is 2.42. The number of carbonyl (C=O) groups excluding carboxylic acids is 1. The van der Waals surface area contributed by atoms with Crippen molar-refractivity contribution >= 4 is 5.78 Å². The van der Waals surface area contributed by atoms with Crippen LogP contribution in [0.4, 0.5) is 0 Å². The number of aliphatic hydroxyl groups excluding tert-OH is 1. The summed E-state index contributed by atoms with van der Waals surface area (Å²) in [5.74, 6) is -0.307.